The first-order valence-electron chi connectivity index (χ1n) is 5.73. The summed E-state index contributed by atoms with van der Waals surface area (Å²) in [7, 11) is 2.00. The number of halogens is 1. The highest BCUT2D eigenvalue weighted by Gasteiger charge is 2.12. The van der Waals surface area contributed by atoms with Crippen LogP contribution < -0.4 is 5.73 Å². The smallest absolute Gasteiger partial charge is 0.128 e. The summed E-state index contributed by atoms with van der Waals surface area (Å²) < 4.78 is 13.9. The predicted molar refractivity (Wildman–Crippen MR) is 81.6 cm³/mol. The van der Waals surface area contributed by atoms with Gasteiger partial charge in [-0.1, -0.05) is 24.4 Å². The number of thioether (sulfide) groups is 1. The van der Waals surface area contributed by atoms with E-state index < -0.39 is 0 Å². The molecule has 2 N–H and O–H groups in total. The van der Waals surface area contributed by atoms with E-state index in [2.05, 4.69) is 18.1 Å². The lowest BCUT2D eigenvalue weighted by Gasteiger charge is -2.24. The highest BCUT2D eigenvalue weighted by Crippen LogP contribution is 2.14. The third kappa shape index (κ3) is 4.23. The van der Waals surface area contributed by atoms with Crippen molar-refractivity contribution >= 4 is 29.0 Å². The van der Waals surface area contributed by atoms with E-state index in [4.69, 9.17) is 18.0 Å². The predicted octanol–water partition coefficient (Wildman–Crippen LogP) is 2.64. The molecule has 0 aliphatic carbocycles. The molecule has 0 aliphatic rings. The number of hydrogen-bond acceptors (Lipinski definition) is 3. The molecule has 0 radical (unpaired) electrons. The van der Waals surface area contributed by atoms with Crippen LogP contribution in [0.1, 0.15) is 18.1 Å². The first-order valence-corrected chi connectivity index (χ1v) is 7.53. The Morgan fingerprint density at radius 3 is 2.72 bits per heavy atom. The van der Waals surface area contributed by atoms with E-state index in [1.165, 1.54) is 6.07 Å². The van der Waals surface area contributed by atoms with Crippen LogP contribution in [0.5, 0.6) is 0 Å². The molecule has 0 amide bonds. The van der Waals surface area contributed by atoms with Crippen molar-refractivity contribution in [1.29, 1.82) is 0 Å². The second-order valence-electron chi connectivity index (χ2n) is 4.39. The van der Waals surface area contributed by atoms with E-state index in [9.17, 15) is 4.39 Å². The summed E-state index contributed by atoms with van der Waals surface area (Å²) in [5.74, 6) is 0.784. The molecule has 0 spiro atoms. The number of nitrogens with zero attached hydrogens (tertiary/aromatic N) is 1. The molecule has 100 valence electrons. The molecule has 0 saturated carbocycles. The number of benzene rings is 1. The van der Waals surface area contributed by atoms with Gasteiger partial charge < -0.3 is 5.73 Å². The fourth-order valence-corrected chi connectivity index (χ4v) is 2.49. The third-order valence-electron chi connectivity index (χ3n) is 2.92. The van der Waals surface area contributed by atoms with Crippen molar-refractivity contribution in [2.75, 3.05) is 19.1 Å². The molecule has 0 aromatic heterocycles. The van der Waals surface area contributed by atoms with E-state index in [1.54, 1.807) is 23.9 Å². The Hall–Kier alpha value is -0.650. The van der Waals surface area contributed by atoms with Crippen LogP contribution in [0.15, 0.2) is 18.2 Å². The minimum atomic E-state index is -0.247. The van der Waals surface area contributed by atoms with E-state index in [-0.39, 0.29) is 10.8 Å². The van der Waals surface area contributed by atoms with Gasteiger partial charge in [0.15, 0.2) is 0 Å². The number of thiocarbonyl (C=S) groups is 1. The standard InChI is InChI=1S/C13H19FN2S2/c1-9(8-18-3)16(2)7-11-5-4-10(13(15)17)6-12(11)14/h4-6,9H,7-8H2,1-3H3,(H2,15,17). The average molecular weight is 286 g/mol. The molecule has 1 rings (SSSR count). The van der Waals surface area contributed by atoms with Crippen LogP contribution in [0.3, 0.4) is 0 Å². The Labute approximate surface area is 118 Å². The highest BCUT2D eigenvalue weighted by atomic mass is 32.2. The molecular formula is C13H19FN2S2. The summed E-state index contributed by atoms with van der Waals surface area (Å²) in [6.07, 6.45) is 2.07. The molecule has 1 aromatic rings. The largest absolute Gasteiger partial charge is 0.389 e. The van der Waals surface area contributed by atoms with Gasteiger partial charge in [0.25, 0.3) is 0 Å². The summed E-state index contributed by atoms with van der Waals surface area (Å²) in [6.45, 7) is 2.73. The van der Waals surface area contributed by atoms with Gasteiger partial charge in [-0.25, -0.2) is 4.39 Å². The second kappa shape index (κ2) is 7.07. The first kappa shape index (κ1) is 15.4. The van der Waals surface area contributed by atoms with Crippen molar-refractivity contribution in [1.82, 2.24) is 4.90 Å². The van der Waals surface area contributed by atoms with Gasteiger partial charge >= 0.3 is 0 Å². The van der Waals surface area contributed by atoms with Crippen molar-refractivity contribution in [3.05, 3.63) is 35.1 Å². The minimum absolute atomic E-state index is 0.226. The number of rotatable bonds is 6. The van der Waals surface area contributed by atoms with Crippen LogP contribution in [-0.2, 0) is 6.54 Å². The van der Waals surface area contributed by atoms with Gasteiger partial charge in [-0.2, -0.15) is 11.8 Å². The van der Waals surface area contributed by atoms with Crippen molar-refractivity contribution < 1.29 is 4.39 Å². The molecule has 0 fully saturated rings. The summed E-state index contributed by atoms with van der Waals surface area (Å²) in [6, 6.07) is 5.35. The Morgan fingerprint density at radius 1 is 1.56 bits per heavy atom. The van der Waals surface area contributed by atoms with Crippen molar-refractivity contribution in [2.24, 2.45) is 5.73 Å². The maximum atomic E-state index is 13.9. The van der Waals surface area contributed by atoms with Crippen LogP contribution in [-0.4, -0.2) is 35.0 Å². The minimum Gasteiger partial charge on any atom is -0.389 e. The molecule has 5 heteroatoms. The van der Waals surface area contributed by atoms with Gasteiger partial charge in [0.1, 0.15) is 10.8 Å². The lowest BCUT2D eigenvalue weighted by Crippen LogP contribution is -2.30. The SMILES string of the molecule is CSCC(C)N(C)Cc1ccc(C(N)=S)cc1F. The molecule has 0 bridgehead atoms. The van der Waals surface area contributed by atoms with Gasteiger partial charge in [0.05, 0.1) is 0 Å². The molecule has 0 heterocycles. The maximum absolute atomic E-state index is 13.9. The van der Waals surface area contributed by atoms with Crippen molar-refractivity contribution in [2.45, 2.75) is 19.5 Å². The summed E-state index contributed by atoms with van der Waals surface area (Å²) in [5, 5.41) is 0. The third-order valence-corrected chi connectivity index (χ3v) is 3.97. The van der Waals surface area contributed by atoms with Gasteiger partial charge in [-0.05, 0) is 26.3 Å². The van der Waals surface area contributed by atoms with Crippen LogP contribution in [0.25, 0.3) is 0 Å². The van der Waals surface area contributed by atoms with Crippen molar-refractivity contribution in [3.63, 3.8) is 0 Å². The Balaban J connectivity index is 2.76. The summed E-state index contributed by atoms with van der Waals surface area (Å²) in [5.41, 5.74) is 6.72. The molecule has 2 nitrogen and oxygen atoms in total. The van der Waals surface area contributed by atoms with Gasteiger partial charge in [-0.3, -0.25) is 4.90 Å². The zero-order valence-corrected chi connectivity index (χ0v) is 12.6. The van der Waals surface area contributed by atoms with Crippen LogP contribution in [0.4, 0.5) is 4.39 Å². The van der Waals surface area contributed by atoms with Crippen LogP contribution in [0, 0.1) is 5.82 Å². The van der Waals surface area contributed by atoms with E-state index in [0.29, 0.717) is 23.7 Å². The quantitative estimate of drug-likeness (QED) is 0.814. The van der Waals surface area contributed by atoms with Crippen molar-refractivity contribution in [3.8, 4) is 0 Å². The lowest BCUT2D eigenvalue weighted by atomic mass is 10.1. The molecule has 18 heavy (non-hydrogen) atoms. The molecule has 1 aromatic carbocycles. The summed E-state index contributed by atoms with van der Waals surface area (Å²) in [4.78, 5) is 2.36. The topological polar surface area (TPSA) is 29.3 Å². The maximum Gasteiger partial charge on any atom is 0.128 e. The molecule has 0 aliphatic heterocycles. The zero-order valence-electron chi connectivity index (χ0n) is 10.9. The Morgan fingerprint density at radius 2 is 2.22 bits per heavy atom. The zero-order chi connectivity index (χ0) is 13.7. The molecule has 1 atom stereocenters. The number of nitrogens with two attached hydrogens (primary N) is 1. The van der Waals surface area contributed by atoms with Crippen LogP contribution >= 0.6 is 24.0 Å². The van der Waals surface area contributed by atoms with Gasteiger partial charge in [0.2, 0.25) is 0 Å². The molecule has 0 saturated heterocycles. The Bertz CT molecular complexity index is 423. The summed E-state index contributed by atoms with van der Waals surface area (Å²) >= 11 is 6.62. The van der Waals surface area contributed by atoms with Gasteiger partial charge in [-0.15, -0.1) is 0 Å². The fourth-order valence-electron chi connectivity index (χ4n) is 1.62. The lowest BCUT2D eigenvalue weighted by molar-refractivity contribution is 0.266. The normalized spacial score (nSPS) is 12.7. The van der Waals surface area contributed by atoms with Crippen LogP contribution in [0.2, 0.25) is 0 Å². The van der Waals surface area contributed by atoms with E-state index in [1.807, 2.05) is 7.05 Å². The fraction of sp³-hybridized carbons (Fsp3) is 0.462. The first-order chi connectivity index (χ1) is 8.45. The van der Waals surface area contributed by atoms with E-state index in [0.717, 1.165) is 5.75 Å². The molecule has 1 unspecified atom stereocenters. The monoisotopic (exact) mass is 286 g/mol. The van der Waals surface area contributed by atoms with E-state index >= 15 is 0 Å². The second-order valence-corrected chi connectivity index (χ2v) is 5.74. The Kier molecular flexibility index (Phi) is 6.05. The molecular weight excluding hydrogens is 267 g/mol. The highest BCUT2D eigenvalue weighted by molar-refractivity contribution is 7.98. The van der Waals surface area contributed by atoms with Gasteiger partial charge in [0, 0.05) is 29.5 Å². The average Bonchev–Trinajstić information content (AvgIpc) is 2.31. The number of hydrogen-bond donors (Lipinski definition) is 1.